The first kappa shape index (κ1) is 17.0. The summed E-state index contributed by atoms with van der Waals surface area (Å²) in [6.45, 7) is 0. The van der Waals surface area contributed by atoms with Crippen LogP contribution in [0.3, 0.4) is 0 Å². The quantitative estimate of drug-likeness (QED) is 0.797. The predicted molar refractivity (Wildman–Crippen MR) is 105 cm³/mol. The highest BCUT2D eigenvalue weighted by atomic mass is 32.1. The first-order valence-electron chi connectivity index (χ1n) is 8.89. The third-order valence-corrected chi connectivity index (χ3v) is 5.28. The molecule has 1 N–H and O–H groups in total. The van der Waals surface area contributed by atoms with E-state index in [1.165, 1.54) is 43.2 Å². The Morgan fingerprint density at radius 3 is 1.92 bits per heavy atom. The van der Waals surface area contributed by atoms with E-state index in [4.69, 9.17) is 12.2 Å². The molecule has 3 rings (SSSR count). The molecule has 2 nitrogen and oxygen atoms in total. The van der Waals surface area contributed by atoms with Crippen molar-refractivity contribution >= 4 is 17.3 Å². The van der Waals surface area contributed by atoms with Crippen molar-refractivity contribution in [2.75, 3.05) is 7.05 Å². The Kier molecular flexibility index (Phi) is 5.86. The molecule has 3 heteroatoms. The highest BCUT2D eigenvalue weighted by Gasteiger charge is 2.23. The average molecular weight is 339 g/mol. The summed E-state index contributed by atoms with van der Waals surface area (Å²) in [6, 6.07) is 21.9. The molecule has 24 heavy (non-hydrogen) atoms. The second-order valence-corrected chi connectivity index (χ2v) is 7.01. The summed E-state index contributed by atoms with van der Waals surface area (Å²) in [5.41, 5.74) is 2.53. The van der Waals surface area contributed by atoms with Gasteiger partial charge in [0.1, 0.15) is 0 Å². The van der Waals surface area contributed by atoms with Gasteiger partial charge in [0.05, 0.1) is 6.04 Å². The lowest BCUT2D eigenvalue weighted by Crippen LogP contribution is -2.45. The minimum absolute atomic E-state index is 0.135. The lowest BCUT2D eigenvalue weighted by molar-refractivity contribution is 0.374. The zero-order valence-electron chi connectivity index (χ0n) is 14.3. The Labute approximate surface area is 150 Å². The van der Waals surface area contributed by atoms with Crippen LogP contribution >= 0.6 is 12.2 Å². The summed E-state index contributed by atoms with van der Waals surface area (Å²) in [4.78, 5) is 2.20. The maximum absolute atomic E-state index is 5.75. The van der Waals surface area contributed by atoms with Crippen LogP contribution in [0.25, 0.3) is 0 Å². The van der Waals surface area contributed by atoms with Gasteiger partial charge in [-0.3, -0.25) is 0 Å². The van der Waals surface area contributed by atoms with Crippen molar-refractivity contribution in [2.24, 2.45) is 0 Å². The number of hydrogen-bond acceptors (Lipinski definition) is 1. The number of thiocarbonyl (C=S) groups is 1. The lowest BCUT2D eigenvalue weighted by Gasteiger charge is -2.34. The number of hydrogen-bond donors (Lipinski definition) is 1. The van der Waals surface area contributed by atoms with Crippen molar-refractivity contribution in [3.05, 3.63) is 71.8 Å². The fourth-order valence-corrected chi connectivity index (χ4v) is 3.82. The van der Waals surface area contributed by atoms with Crippen molar-refractivity contribution < 1.29 is 0 Å². The van der Waals surface area contributed by atoms with Crippen LogP contribution in [-0.4, -0.2) is 23.1 Å². The largest absolute Gasteiger partial charge is 0.360 e. The van der Waals surface area contributed by atoms with Crippen molar-refractivity contribution in [3.8, 4) is 0 Å². The number of rotatable bonds is 4. The van der Waals surface area contributed by atoms with Crippen molar-refractivity contribution in [2.45, 2.75) is 44.2 Å². The van der Waals surface area contributed by atoms with E-state index in [1.54, 1.807) is 0 Å². The first-order valence-corrected chi connectivity index (χ1v) is 9.30. The monoisotopic (exact) mass is 338 g/mol. The molecule has 0 spiro atoms. The summed E-state index contributed by atoms with van der Waals surface area (Å²) in [6.07, 6.45) is 6.44. The van der Waals surface area contributed by atoms with Gasteiger partial charge < -0.3 is 10.2 Å². The lowest BCUT2D eigenvalue weighted by atomic mass is 9.95. The van der Waals surface area contributed by atoms with Gasteiger partial charge in [0.25, 0.3) is 0 Å². The molecule has 126 valence electrons. The molecule has 0 bridgehead atoms. The first-order chi connectivity index (χ1) is 11.8. The molecule has 0 heterocycles. The van der Waals surface area contributed by atoms with Crippen molar-refractivity contribution in [1.29, 1.82) is 0 Å². The standard InChI is InChI=1S/C21H26N2S/c1-23(21(24)22-19-15-9-4-10-16-19)20(17-11-5-2-6-12-17)18-13-7-3-8-14-18/h2-3,5-8,11-14,19-20H,4,9-10,15-16H2,1H3,(H,22,24). The normalized spacial score (nSPS) is 15.2. The molecular formula is C21H26N2S. The summed E-state index contributed by atoms with van der Waals surface area (Å²) < 4.78 is 0. The van der Waals surface area contributed by atoms with E-state index in [9.17, 15) is 0 Å². The molecular weight excluding hydrogens is 312 g/mol. The second-order valence-electron chi connectivity index (χ2n) is 6.62. The maximum atomic E-state index is 5.75. The SMILES string of the molecule is CN(C(=S)NC1CCCCC1)C(c1ccccc1)c1ccccc1. The van der Waals surface area contributed by atoms with Crippen LogP contribution in [0.2, 0.25) is 0 Å². The van der Waals surface area contributed by atoms with Gasteiger partial charge >= 0.3 is 0 Å². The molecule has 1 aliphatic rings. The van der Waals surface area contributed by atoms with Crippen LogP contribution in [0, 0.1) is 0 Å². The van der Waals surface area contributed by atoms with Gasteiger partial charge in [0, 0.05) is 13.1 Å². The third kappa shape index (κ3) is 4.15. The fraction of sp³-hybridized carbons (Fsp3) is 0.381. The van der Waals surface area contributed by atoms with Crippen LogP contribution in [0.5, 0.6) is 0 Å². The van der Waals surface area contributed by atoms with E-state index in [1.807, 2.05) is 0 Å². The Balaban J connectivity index is 1.80. The van der Waals surface area contributed by atoms with E-state index in [2.05, 4.69) is 77.9 Å². The van der Waals surface area contributed by atoms with Gasteiger partial charge in [-0.15, -0.1) is 0 Å². The highest BCUT2D eigenvalue weighted by Crippen LogP contribution is 2.28. The van der Waals surface area contributed by atoms with Gasteiger partial charge in [-0.1, -0.05) is 79.9 Å². The molecule has 0 saturated heterocycles. The molecule has 1 fully saturated rings. The summed E-state index contributed by atoms with van der Waals surface area (Å²) in [5.74, 6) is 0. The average Bonchev–Trinajstić information content (AvgIpc) is 2.64. The molecule has 0 unspecified atom stereocenters. The van der Waals surface area contributed by atoms with Crippen LogP contribution in [0.1, 0.15) is 49.3 Å². The topological polar surface area (TPSA) is 15.3 Å². The van der Waals surface area contributed by atoms with Gasteiger partial charge in [-0.05, 0) is 36.2 Å². The van der Waals surface area contributed by atoms with E-state index in [-0.39, 0.29) is 6.04 Å². The van der Waals surface area contributed by atoms with Gasteiger partial charge in [0.2, 0.25) is 0 Å². The number of benzene rings is 2. The van der Waals surface area contributed by atoms with E-state index in [0.717, 1.165) is 5.11 Å². The van der Waals surface area contributed by atoms with E-state index < -0.39 is 0 Å². The van der Waals surface area contributed by atoms with Gasteiger partial charge in [0.15, 0.2) is 5.11 Å². The fourth-order valence-electron chi connectivity index (χ4n) is 3.55. The smallest absolute Gasteiger partial charge is 0.169 e. The molecule has 1 saturated carbocycles. The minimum Gasteiger partial charge on any atom is -0.360 e. The zero-order chi connectivity index (χ0) is 16.8. The Morgan fingerprint density at radius 1 is 0.917 bits per heavy atom. The summed E-state index contributed by atoms with van der Waals surface area (Å²) in [5, 5.41) is 4.44. The molecule has 0 aliphatic heterocycles. The zero-order valence-corrected chi connectivity index (χ0v) is 15.1. The molecule has 2 aromatic rings. The van der Waals surface area contributed by atoms with E-state index >= 15 is 0 Å². The Bertz CT molecular complexity index is 596. The van der Waals surface area contributed by atoms with Crippen molar-refractivity contribution in [3.63, 3.8) is 0 Å². The molecule has 2 aromatic carbocycles. The molecule has 0 atom stereocenters. The van der Waals surface area contributed by atoms with Gasteiger partial charge in [-0.2, -0.15) is 0 Å². The minimum atomic E-state index is 0.135. The summed E-state index contributed by atoms with van der Waals surface area (Å²) in [7, 11) is 2.10. The number of nitrogens with one attached hydrogen (secondary N) is 1. The molecule has 1 aliphatic carbocycles. The molecule has 0 aromatic heterocycles. The van der Waals surface area contributed by atoms with Crippen LogP contribution in [-0.2, 0) is 0 Å². The van der Waals surface area contributed by atoms with E-state index in [0.29, 0.717) is 6.04 Å². The van der Waals surface area contributed by atoms with Gasteiger partial charge in [-0.25, -0.2) is 0 Å². The maximum Gasteiger partial charge on any atom is 0.169 e. The highest BCUT2D eigenvalue weighted by molar-refractivity contribution is 7.80. The Morgan fingerprint density at radius 2 is 1.42 bits per heavy atom. The Hall–Kier alpha value is -1.87. The third-order valence-electron chi connectivity index (χ3n) is 4.87. The molecule has 0 amide bonds. The van der Waals surface area contributed by atoms with Crippen LogP contribution < -0.4 is 5.32 Å². The number of nitrogens with zero attached hydrogens (tertiary/aromatic N) is 1. The summed E-state index contributed by atoms with van der Waals surface area (Å²) >= 11 is 5.75. The van der Waals surface area contributed by atoms with Crippen LogP contribution in [0.15, 0.2) is 60.7 Å². The molecule has 0 radical (unpaired) electrons. The van der Waals surface area contributed by atoms with Crippen molar-refractivity contribution in [1.82, 2.24) is 10.2 Å². The van der Waals surface area contributed by atoms with Crippen LogP contribution in [0.4, 0.5) is 0 Å². The predicted octanol–water partition coefficient (Wildman–Crippen LogP) is 4.92. The second kappa shape index (κ2) is 8.29.